The van der Waals surface area contributed by atoms with Gasteiger partial charge in [-0.1, -0.05) is 66.2 Å². The van der Waals surface area contributed by atoms with Gasteiger partial charge in [-0.25, -0.2) is 4.79 Å². The lowest BCUT2D eigenvalue weighted by molar-refractivity contribution is -0.342. The number of carbonyl (C=O) groups excluding carboxylic acids is 3. The summed E-state index contributed by atoms with van der Waals surface area (Å²) in [7, 11) is 4.02. The highest BCUT2D eigenvalue weighted by Gasteiger charge is 2.73. The Kier molecular flexibility index (Phi) is 10.8. The van der Waals surface area contributed by atoms with Gasteiger partial charge in [0.25, 0.3) is 11.8 Å². The Morgan fingerprint density at radius 3 is 2.15 bits per heavy atom. The van der Waals surface area contributed by atoms with Crippen LogP contribution in [0.3, 0.4) is 0 Å². The van der Waals surface area contributed by atoms with E-state index in [0.717, 1.165) is 43.2 Å². The molecule has 3 aromatic rings. The van der Waals surface area contributed by atoms with E-state index < -0.39 is 71.6 Å². The average Bonchev–Trinajstić information content (AvgIpc) is 3.15. The average molecular weight is 764 g/mol. The van der Waals surface area contributed by atoms with E-state index in [1.807, 2.05) is 89.2 Å². The molecule has 0 bridgehead atoms. The third-order valence-corrected chi connectivity index (χ3v) is 11.7. The number of hydrogen-bond acceptors (Lipinski definition) is 10. The van der Waals surface area contributed by atoms with Gasteiger partial charge in [0.1, 0.15) is 23.9 Å². The van der Waals surface area contributed by atoms with Crippen LogP contribution in [0.5, 0.6) is 0 Å². The summed E-state index contributed by atoms with van der Waals surface area (Å²) in [5.74, 6) is -1.72. The number of nitrogens with zero attached hydrogens (tertiary/aromatic N) is 3. The fourth-order valence-corrected chi connectivity index (χ4v) is 7.98. The van der Waals surface area contributed by atoms with Crippen LogP contribution in [0, 0.1) is 20.8 Å². The minimum atomic E-state index is -2.09. The lowest BCUT2D eigenvalue weighted by atomic mass is 9.64. The van der Waals surface area contributed by atoms with Gasteiger partial charge >= 0.3 is 6.03 Å². The number of imide groups is 2. The number of ether oxygens (including phenoxy) is 4. The second-order valence-corrected chi connectivity index (χ2v) is 15.6. The summed E-state index contributed by atoms with van der Waals surface area (Å²) in [6.45, 7) is 10.1. The van der Waals surface area contributed by atoms with Gasteiger partial charge in [0.2, 0.25) is 0 Å². The largest absolute Gasteiger partial charge is 0.388 e. The second-order valence-electron chi connectivity index (χ2n) is 15.2. The van der Waals surface area contributed by atoms with Crippen molar-refractivity contribution in [1.29, 1.82) is 0 Å². The van der Waals surface area contributed by atoms with Gasteiger partial charge in [0.05, 0.1) is 25.4 Å². The Balaban J connectivity index is 1.41. The van der Waals surface area contributed by atoms with Crippen LogP contribution in [0.4, 0.5) is 4.79 Å². The molecule has 0 radical (unpaired) electrons. The number of nitrogens with two attached hydrogens (primary N) is 1. The number of urea groups is 1. The molecule has 3 aromatic carbocycles. The molecule has 54 heavy (non-hydrogen) atoms. The van der Waals surface area contributed by atoms with Gasteiger partial charge in [-0.15, -0.1) is 0 Å². The summed E-state index contributed by atoms with van der Waals surface area (Å²) in [5, 5.41) is 13.2. The highest BCUT2D eigenvalue weighted by molar-refractivity contribution is 6.30. The molecule has 3 aliphatic heterocycles. The molecule has 3 aliphatic rings. The molecule has 6 rings (SSSR count). The molecule has 1 spiro atoms. The quantitative estimate of drug-likeness (QED) is 0.266. The van der Waals surface area contributed by atoms with E-state index in [1.54, 1.807) is 12.1 Å². The van der Waals surface area contributed by atoms with Crippen molar-refractivity contribution in [3.8, 4) is 0 Å². The highest BCUT2D eigenvalue weighted by atomic mass is 35.5. The summed E-state index contributed by atoms with van der Waals surface area (Å²) in [4.78, 5) is 43.4. The maximum atomic E-state index is 13.8. The van der Waals surface area contributed by atoms with Crippen molar-refractivity contribution < 1.29 is 39.8 Å². The van der Waals surface area contributed by atoms with E-state index in [0.29, 0.717) is 5.02 Å². The Morgan fingerprint density at radius 2 is 1.54 bits per heavy atom. The van der Waals surface area contributed by atoms with Crippen molar-refractivity contribution >= 4 is 29.4 Å². The molecule has 3 saturated heterocycles. The van der Waals surface area contributed by atoms with Gasteiger partial charge in [0, 0.05) is 32.9 Å². The van der Waals surface area contributed by atoms with Gasteiger partial charge in [0.15, 0.2) is 11.8 Å². The first-order valence-corrected chi connectivity index (χ1v) is 18.4. The molecular weight excluding hydrogens is 712 g/mol. The fraction of sp³-hybridized carbons (Fsp3) is 0.488. The molecule has 12 nitrogen and oxygen atoms in total. The predicted octanol–water partition coefficient (Wildman–Crippen LogP) is 4.60. The molecule has 290 valence electrons. The minimum absolute atomic E-state index is 0.0401. The fourth-order valence-electron chi connectivity index (χ4n) is 7.86. The van der Waals surface area contributed by atoms with E-state index in [-0.39, 0.29) is 19.8 Å². The van der Waals surface area contributed by atoms with Gasteiger partial charge in [-0.2, -0.15) is 0 Å². The van der Waals surface area contributed by atoms with Gasteiger partial charge in [-0.3, -0.25) is 24.3 Å². The smallest absolute Gasteiger partial charge is 0.332 e. The van der Waals surface area contributed by atoms with Crippen LogP contribution in [0.1, 0.15) is 55.0 Å². The number of aryl methyl sites for hydroxylation is 1. The predicted molar refractivity (Wildman–Crippen MR) is 202 cm³/mol. The number of amides is 4. The molecule has 4 amide bonds. The van der Waals surface area contributed by atoms with Gasteiger partial charge in [-0.05, 0) is 87.2 Å². The van der Waals surface area contributed by atoms with Crippen LogP contribution in [0.25, 0.3) is 0 Å². The van der Waals surface area contributed by atoms with Crippen molar-refractivity contribution in [2.45, 2.75) is 102 Å². The number of hydrogen-bond donors (Lipinski definition) is 2. The number of aliphatic hydroxyl groups excluding tert-OH is 1. The third kappa shape index (κ3) is 6.77. The van der Waals surface area contributed by atoms with E-state index in [9.17, 15) is 20.9 Å². The van der Waals surface area contributed by atoms with Crippen LogP contribution in [0.15, 0.2) is 66.7 Å². The number of barbiturate groups is 1. The Labute approximate surface area is 323 Å². The van der Waals surface area contributed by atoms with Crippen LogP contribution in [-0.4, -0.2) is 107 Å². The molecule has 13 heteroatoms. The number of carbonyl (C=O) groups is 3. The molecule has 0 aromatic heterocycles. The first-order chi connectivity index (χ1) is 25.9. The highest BCUT2D eigenvalue weighted by Crippen LogP contribution is 2.50. The van der Waals surface area contributed by atoms with Crippen molar-refractivity contribution in [3.63, 3.8) is 0 Å². The number of halogens is 1. The minimum Gasteiger partial charge on any atom is -0.388 e. The Morgan fingerprint density at radius 1 is 0.926 bits per heavy atom. The summed E-state index contributed by atoms with van der Waals surface area (Å²) in [6, 6.07) is 18.6. The first-order valence-electron chi connectivity index (χ1n) is 18.6. The number of aliphatic hydroxyl groups is 1. The molecule has 3 fully saturated rings. The van der Waals surface area contributed by atoms with Crippen LogP contribution >= 0.6 is 11.6 Å². The summed E-state index contributed by atoms with van der Waals surface area (Å²) < 4.78 is 35.8. The zero-order chi connectivity index (χ0) is 40.2. The number of benzene rings is 3. The summed E-state index contributed by atoms with van der Waals surface area (Å²) in [6.07, 6.45) is -6.62. The van der Waals surface area contributed by atoms with Crippen molar-refractivity contribution in [3.05, 3.63) is 105 Å². The zero-order valence-electron chi connectivity index (χ0n) is 33.0. The normalized spacial score (nSPS) is 29.1. The Bertz CT molecular complexity index is 1900. The summed E-state index contributed by atoms with van der Waals surface area (Å²) >= 11 is 6.10. The molecule has 0 aliphatic carbocycles. The van der Waals surface area contributed by atoms with Gasteiger partial charge < -0.3 is 29.8 Å². The lowest BCUT2D eigenvalue weighted by Gasteiger charge is -2.65. The Hall–Kier alpha value is -3.72. The summed E-state index contributed by atoms with van der Waals surface area (Å²) in [5.41, 5.74) is 8.05. The molecule has 4 unspecified atom stereocenters. The molecular formula is C41H51ClN4O8. The van der Waals surface area contributed by atoms with Crippen molar-refractivity contribution in [1.82, 2.24) is 14.7 Å². The van der Waals surface area contributed by atoms with Crippen LogP contribution in [0.2, 0.25) is 5.02 Å². The SMILES string of the molecule is [2H]C1C(C2(N)C(OC(C)(C)c3ccc(C)c(C)c3C)O[C@H](COCc3ccc(Cl)cc3)[C@@H](OCc3ccccc3)[C@H]2O)N(C)C12C(=O)N(C)C(=O)N(C)C2=O. The van der Waals surface area contributed by atoms with E-state index >= 15 is 0 Å². The standard InChI is InChI=1S/C41H51ClN4O8/c1-24-14-19-30(26(3)25(24)2)39(4,5)54-37-41(43,32-20-40(46(32)8)35(48)44(6)38(50)45(7)36(40)49)34(47)33(52-22-27-12-10-9-11-13-27)31(53-37)23-51-21-28-15-17-29(42)18-16-28/h9-19,31-34,37,47H,20-23,43H2,1-8H3/t31-,32?,33-,34-,37?,41?/m1/s1/i20D/t20?,31-,32?,33-,34-,37?,41?. The number of likely N-dealkylation sites (tertiary alicyclic amines) is 1. The molecule has 3 N–H and O–H groups in total. The third-order valence-electron chi connectivity index (χ3n) is 11.5. The second kappa shape index (κ2) is 15.1. The topological polar surface area (TPSA) is 144 Å². The van der Waals surface area contributed by atoms with E-state index in [2.05, 4.69) is 0 Å². The van der Waals surface area contributed by atoms with Crippen molar-refractivity contribution in [2.24, 2.45) is 5.73 Å². The van der Waals surface area contributed by atoms with E-state index in [1.165, 1.54) is 26.0 Å². The molecule has 0 saturated carbocycles. The monoisotopic (exact) mass is 763 g/mol. The number of rotatable bonds is 11. The van der Waals surface area contributed by atoms with Crippen LogP contribution < -0.4 is 5.73 Å². The lowest BCUT2D eigenvalue weighted by Crippen LogP contribution is -2.89. The maximum Gasteiger partial charge on any atom is 0.332 e. The zero-order valence-corrected chi connectivity index (χ0v) is 32.8. The number of likely N-dealkylation sites (N-methyl/N-ethyl adjacent to an activating group) is 3. The van der Waals surface area contributed by atoms with Crippen molar-refractivity contribution in [2.75, 3.05) is 27.7 Å². The molecule has 7 atom stereocenters. The molecule has 3 heterocycles. The van der Waals surface area contributed by atoms with E-state index in [4.69, 9.17) is 36.3 Å². The first kappa shape index (κ1) is 38.6. The van der Waals surface area contributed by atoms with Crippen LogP contribution in [-0.2, 0) is 47.4 Å². The maximum absolute atomic E-state index is 13.8.